The Balaban J connectivity index is 2.40. The van der Waals surface area contributed by atoms with Gasteiger partial charge in [-0.3, -0.25) is 0 Å². The lowest BCUT2D eigenvalue weighted by Gasteiger charge is -2.11. The molecule has 2 aromatic carbocycles. The van der Waals surface area contributed by atoms with Gasteiger partial charge in [-0.25, -0.2) is 9.78 Å². The molecule has 0 saturated carbocycles. The number of aromatic nitrogens is 1. The van der Waals surface area contributed by atoms with Crippen LogP contribution in [0.1, 0.15) is 21.5 Å². The molecule has 1 heterocycles. The summed E-state index contributed by atoms with van der Waals surface area (Å²) < 4.78 is 0.892. The average Bonchev–Trinajstić information content (AvgIpc) is 2.46. The third kappa shape index (κ3) is 2.50. The topological polar surface area (TPSA) is 50.2 Å². The molecular weight excluding hydrogens is 342 g/mol. The summed E-state index contributed by atoms with van der Waals surface area (Å²) in [7, 11) is 0. The zero-order valence-electron chi connectivity index (χ0n) is 12.2. The van der Waals surface area contributed by atoms with Crippen LogP contribution in [0.25, 0.3) is 22.2 Å². The van der Waals surface area contributed by atoms with Crippen LogP contribution in [-0.2, 0) is 0 Å². The monoisotopic (exact) mass is 355 g/mol. The summed E-state index contributed by atoms with van der Waals surface area (Å²) in [6.45, 7) is 3.91. The van der Waals surface area contributed by atoms with Crippen molar-refractivity contribution in [1.29, 1.82) is 0 Å². The molecule has 3 rings (SSSR count). The van der Waals surface area contributed by atoms with Gasteiger partial charge in [0.2, 0.25) is 0 Å². The van der Waals surface area contributed by atoms with Crippen molar-refractivity contribution in [2.45, 2.75) is 13.8 Å². The maximum absolute atomic E-state index is 11.7. The molecule has 1 N–H and O–H groups in total. The molecule has 3 aromatic rings. The van der Waals surface area contributed by atoms with Crippen molar-refractivity contribution in [1.82, 2.24) is 4.98 Å². The molecule has 0 aliphatic heterocycles. The predicted octanol–water partition coefficient (Wildman–Crippen LogP) is 4.98. The summed E-state index contributed by atoms with van der Waals surface area (Å²) in [5, 5.41) is 10.2. The smallest absolute Gasteiger partial charge is 0.336 e. The fraction of sp³-hybridized carbons (Fsp3) is 0.111. The molecule has 110 valence electrons. The fourth-order valence-electron chi connectivity index (χ4n) is 2.66. The molecule has 0 saturated heterocycles. The lowest BCUT2D eigenvalue weighted by atomic mass is 10.00. The van der Waals surface area contributed by atoms with E-state index in [1.807, 2.05) is 50.2 Å². The second-order valence-corrected chi connectivity index (χ2v) is 6.17. The highest BCUT2D eigenvalue weighted by Gasteiger charge is 2.15. The van der Waals surface area contributed by atoms with Gasteiger partial charge in [-0.2, -0.15) is 0 Å². The Hall–Kier alpha value is -2.20. The predicted molar refractivity (Wildman–Crippen MR) is 91.3 cm³/mol. The van der Waals surface area contributed by atoms with Gasteiger partial charge >= 0.3 is 5.97 Å². The van der Waals surface area contributed by atoms with E-state index in [0.29, 0.717) is 11.1 Å². The van der Waals surface area contributed by atoms with E-state index in [1.54, 1.807) is 6.07 Å². The van der Waals surface area contributed by atoms with E-state index >= 15 is 0 Å². The second-order valence-electron chi connectivity index (χ2n) is 5.32. The largest absolute Gasteiger partial charge is 0.478 e. The standard InChI is InChI=1S/C18H14BrNO2/c1-10-7-11(2)17-13(8-10)14(18(21)22)9-16(20-17)12-5-3-4-6-15(12)19/h3-9H,1-2H3,(H,21,22). The average molecular weight is 356 g/mol. The Bertz CT molecular complexity index is 903. The van der Waals surface area contributed by atoms with Crippen LogP contribution in [-0.4, -0.2) is 16.1 Å². The zero-order chi connectivity index (χ0) is 15.9. The molecule has 22 heavy (non-hydrogen) atoms. The highest BCUT2D eigenvalue weighted by molar-refractivity contribution is 9.10. The molecule has 0 spiro atoms. The minimum absolute atomic E-state index is 0.280. The highest BCUT2D eigenvalue weighted by atomic mass is 79.9. The molecule has 0 bridgehead atoms. The molecule has 3 nitrogen and oxygen atoms in total. The molecular formula is C18H14BrNO2. The van der Waals surface area contributed by atoms with Crippen molar-refractivity contribution in [2.24, 2.45) is 0 Å². The van der Waals surface area contributed by atoms with Gasteiger partial charge in [0.05, 0.1) is 16.8 Å². The van der Waals surface area contributed by atoms with Gasteiger partial charge in [-0.05, 0) is 37.6 Å². The Morgan fingerprint density at radius 1 is 1.14 bits per heavy atom. The highest BCUT2D eigenvalue weighted by Crippen LogP contribution is 2.31. The van der Waals surface area contributed by atoms with Crippen LogP contribution in [0.5, 0.6) is 0 Å². The number of carboxylic acids is 1. The van der Waals surface area contributed by atoms with E-state index in [2.05, 4.69) is 15.9 Å². The van der Waals surface area contributed by atoms with Crippen molar-refractivity contribution >= 4 is 32.8 Å². The molecule has 0 aliphatic carbocycles. The third-order valence-corrected chi connectivity index (χ3v) is 4.32. The van der Waals surface area contributed by atoms with Gasteiger partial charge in [0.15, 0.2) is 0 Å². The molecule has 0 amide bonds. The van der Waals surface area contributed by atoms with Gasteiger partial charge in [0.1, 0.15) is 0 Å². The van der Waals surface area contributed by atoms with E-state index in [-0.39, 0.29) is 5.56 Å². The Morgan fingerprint density at radius 2 is 1.86 bits per heavy atom. The number of pyridine rings is 1. The summed E-state index contributed by atoms with van der Waals surface area (Å²) >= 11 is 3.50. The van der Waals surface area contributed by atoms with Crippen LogP contribution in [0, 0.1) is 13.8 Å². The first-order chi connectivity index (χ1) is 10.5. The molecule has 0 fully saturated rings. The number of carbonyl (C=O) groups is 1. The fourth-order valence-corrected chi connectivity index (χ4v) is 3.15. The van der Waals surface area contributed by atoms with E-state index in [0.717, 1.165) is 26.7 Å². The van der Waals surface area contributed by atoms with E-state index in [9.17, 15) is 9.90 Å². The van der Waals surface area contributed by atoms with Crippen LogP contribution >= 0.6 is 15.9 Å². The molecule has 4 heteroatoms. The first kappa shape index (κ1) is 14.7. The van der Waals surface area contributed by atoms with E-state index in [1.165, 1.54) is 0 Å². The number of benzene rings is 2. The van der Waals surface area contributed by atoms with E-state index in [4.69, 9.17) is 4.98 Å². The molecule has 0 atom stereocenters. The lowest BCUT2D eigenvalue weighted by molar-refractivity contribution is 0.0699. The number of fused-ring (bicyclic) bond motifs is 1. The molecule has 0 unspecified atom stereocenters. The van der Waals surface area contributed by atoms with Gasteiger partial charge < -0.3 is 5.11 Å². The van der Waals surface area contributed by atoms with Gasteiger partial charge in [-0.15, -0.1) is 0 Å². The Morgan fingerprint density at radius 3 is 2.55 bits per heavy atom. The summed E-state index contributed by atoms with van der Waals surface area (Å²) in [6.07, 6.45) is 0. The number of aryl methyl sites for hydroxylation is 2. The second kappa shape index (κ2) is 5.54. The lowest BCUT2D eigenvalue weighted by Crippen LogP contribution is -2.02. The minimum atomic E-state index is -0.939. The number of hydrogen-bond acceptors (Lipinski definition) is 2. The summed E-state index contributed by atoms with van der Waals surface area (Å²) in [4.78, 5) is 16.4. The third-order valence-electron chi connectivity index (χ3n) is 3.63. The van der Waals surface area contributed by atoms with Crippen molar-refractivity contribution < 1.29 is 9.90 Å². The summed E-state index contributed by atoms with van der Waals surface area (Å²) in [5.41, 5.74) is 4.56. The molecule has 0 aliphatic rings. The summed E-state index contributed by atoms with van der Waals surface area (Å²) in [5.74, 6) is -0.939. The first-order valence-corrected chi connectivity index (χ1v) is 7.67. The van der Waals surface area contributed by atoms with Crippen molar-refractivity contribution in [3.8, 4) is 11.3 Å². The van der Waals surface area contributed by atoms with Gasteiger partial charge in [0.25, 0.3) is 0 Å². The number of nitrogens with zero attached hydrogens (tertiary/aromatic N) is 1. The first-order valence-electron chi connectivity index (χ1n) is 6.87. The maximum Gasteiger partial charge on any atom is 0.336 e. The zero-order valence-corrected chi connectivity index (χ0v) is 13.8. The van der Waals surface area contributed by atoms with Crippen molar-refractivity contribution in [3.63, 3.8) is 0 Å². The van der Waals surface area contributed by atoms with Crippen molar-refractivity contribution in [3.05, 3.63) is 63.6 Å². The number of rotatable bonds is 2. The van der Waals surface area contributed by atoms with Crippen molar-refractivity contribution in [2.75, 3.05) is 0 Å². The van der Waals surface area contributed by atoms with E-state index < -0.39 is 5.97 Å². The normalized spacial score (nSPS) is 10.9. The minimum Gasteiger partial charge on any atom is -0.478 e. The SMILES string of the molecule is Cc1cc(C)c2nc(-c3ccccc3Br)cc(C(=O)O)c2c1. The van der Waals surface area contributed by atoms with Crippen LogP contribution in [0.2, 0.25) is 0 Å². The van der Waals surface area contributed by atoms with Crippen LogP contribution in [0.15, 0.2) is 46.9 Å². The number of hydrogen-bond donors (Lipinski definition) is 1. The van der Waals surface area contributed by atoms with Crippen LogP contribution < -0.4 is 0 Å². The Labute approximate surface area is 136 Å². The maximum atomic E-state index is 11.7. The van der Waals surface area contributed by atoms with Gasteiger partial charge in [-0.1, -0.05) is 45.8 Å². The number of halogens is 1. The van der Waals surface area contributed by atoms with Gasteiger partial charge in [0, 0.05) is 15.4 Å². The summed E-state index contributed by atoms with van der Waals surface area (Å²) in [6, 6.07) is 13.2. The van der Waals surface area contributed by atoms with Crippen LogP contribution in [0.4, 0.5) is 0 Å². The molecule has 1 aromatic heterocycles. The van der Waals surface area contributed by atoms with Crippen LogP contribution in [0.3, 0.4) is 0 Å². The molecule has 0 radical (unpaired) electrons. The number of carboxylic acid groups (broad SMARTS) is 1. The number of aromatic carboxylic acids is 1. The quantitative estimate of drug-likeness (QED) is 0.705. The Kier molecular flexibility index (Phi) is 3.71.